The van der Waals surface area contributed by atoms with E-state index in [2.05, 4.69) is 0 Å². The second-order valence-corrected chi connectivity index (χ2v) is 5.08. The van der Waals surface area contributed by atoms with Crippen molar-refractivity contribution < 1.29 is 13.9 Å². The second kappa shape index (κ2) is 6.55. The summed E-state index contributed by atoms with van der Waals surface area (Å²) >= 11 is 11.6. The fraction of sp³-hybridized carbons (Fsp3) is 0.462. The number of hydrogen-bond donors (Lipinski definition) is 0. The highest BCUT2D eigenvalue weighted by molar-refractivity contribution is 6.31. The van der Waals surface area contributed by atoms with Crippen LogP contribution >= 0.6 is 23.2 Å². The lowest BCUT2D eigenvalue weighted by Gasteiger charge is -2.32. The van der Waals surface area contributed by atoms with Crippen molar-refractivity contribution in [2.75, 3.05) is 25.6 Å². The Kier molecular flexibility index (Phi) is 5.02. The van der Waals surface area contributed by atoms with E-state index in [4.69, 9.17) is 27.9 Å². The molecule has 3 nitrogen and oxygen atoms in total. The third-order valence-corrected chi connectivity index (χ3v) is 3.75. The summed E-state index contributed by atoms with van der Waals surface area (Å²) in [5.41, 5.74) is 0.239. The molecule has 1 atom stereocenters. The van der Waals surface area contributed by atoms with Crippen LogP contribution in [0.1, 0.15) is 5.56 Å². The zero-order valence-electron chi connectivity index (χ0n) is 10.2. The van der Waals surface area contributed by atoms with Crippen LogP contribution in [0.4, 0.5) is 4.39 Å². The molecule has 0 N–H and O–H groups in total. The molecule has 104 valence electrons. The number of carbonyl (C=O) groups excluding carboxylic acids is 1. The standard InChI is InChI=1S/C13H14Cl2FNO2/c14-7-9-8-17(4-5-19-9)13(18)6-10-11(15)2-1-3-12(10)16/h1-3,9H,4-8H2. The molecular formula is C13H14Cl2FNO2. The Balaban J connectivity index is 2.04. The number of benzene rings is 1. The third kappa shape index (κ3) is 3.59. The fourth-order valence-electron chi connectivity index (χ4n) is 2.00. The molecule has 1 fully saturated rings. The quantitative estimate of drug-likeness (QED) is 0.803. The number of ether oxygens (including phenoxy) is 1. The summed E-state index contributed by atoms with van der Waals surface area (Å²) in [6, 6.07) is 4.40. The summed E-state index contributed by atoms with van der Waals surface area (Å²) in [6.45, 7) is 1.39. The van der Waals surface area contributed by atoms with Crippen molar-refractivity contribution in [1.82, 2.24) is 4.90 Å². The molecule has 1 aliphatic rings. The molecule has 1 amide bonds. The van der Waals surface area contributed by atoms with Gasteiger partial charge in [-0.1, -0.05) is 17.7 Å². The normalized spacial score (nSPS) is 19.5. The summed E-state index contributed by atoms with van der Waals surface area (Å²) in [6.07, 6.45) is -0.198. The molecule has 1 aromatic rings. The van der Waals surface area contributed by atoms with E-state index in [0.717, 1.165) is 0 Å². The molecule has 2 rings (SSSR count). The van der Waals surface area contributed by atoms with E-state index < -0.39 is 5.82 Å². The van der Waals surface area contributed by atoms with Gasteiger partial charge < -0.3 is 9.64 Å². The Bertz CT molecular complexity index is 450. The molecule has 0 aromatic heterocycles. The molecule has 1 unspecified atom stereocenters. The Morgan fingerprint density at radius 3 is 3.00 bits per heavy atom. The van der Waals surface area contributed by atoms with Crippen molar-refractivity contribution in [3.05, 3.63) is 34.6 Å². The summed E-state index contributed by atoms with van der Waals surface area (Å²) in [4.78, 5) is 13.8. The first-order valence-electron chi connectivity index (χ1n) is 6.00. The van der Waals surface area contributed by atoms with E-state index in [1.54, 1.807) is 11.0 Å². The number of nitrogens with zero attached hydrogens (tertiary/aromatic N) is 1. The number of halogens is 3. The maximum atomic E-state index is 13.6. The molecule has 1 heterocycles. The topological polar surface area (TPSA) is 29.5 Å². The molecule has 1 saturated heterocycles. The fourth-order valence-corrected chi connectivity index (χ4v) is 2.42. The van der Waals surface area contributed by atoms with Crippen LogP contribution in [0.5, 0.6) is 0 Å². The van der Waals surface area contributed by atoms with E-state index in [1.165, 1.54) is 12.1 Å². The van der Waals surface area contributed by atoms with Gasteiger partial charge in [-0.3, -0.25) is 4.79 Å². The predicted molar refractivity (Wildman–Crippen MR) is 72.2 cm³/mol. The minimum absolute atomic E-state index is 0.0412. The van der Waals surface area contributed by atoms with E-state index in [0.29, 0.717) is 25.6 Å². The summed E-state index contributed by atoms with van der Waals surface area (Å²) in [5, 5.41) is 0.274. The lowest BCUT2D eigenvalue weighted by Crippen LogP contribution is -2.46. The van der Waals surface area contributed by atoms with Crippen molar-refractivity contribution >= 4 is 29.1 Å². The van der Waals surface area contributed by atoms with E-state index in [9.17, 15) is 9.18 Å². The monoisotopic (exact) mass is 305 g/mol. The maximum Gasteiger partial charge on any atom is 0.227 e. The summed E-state index contributed by atoms with van der Waals surface area (Å²) in [7, 11) is 0. The molecule has 1 aliphatic heterocycles. The molecule has 19 heavy (non-hydrogen) atoms. The van der Waals surface area contributed by atoms with Crippen LogP contribution < -0.4 is 0 Å². The number of alkyl halides is 1. The molecule has 0 saturated carbocycles. The smallest absolute Gasteiger partial charge is 0.227 e. The highest BCUT2D eigenvalue weighted by Crippen LogP contribution is 2.20. The van der Waals surface area contributed by atoms with Crippen LogP contribution in [0.2, 0.25) is 5.02 Å². The largest absolute Gasteiger partial charge is 0.373 e. The van der Waals surface area contributed by atoms with Crippen molar-refractivity contribution in [1.29, 1.82) is 0 Å². The van der Waals surface area contributed by atoms with Crippen LogP contribution in [0.15, 0.2) is 18.2 Å². The van der Waals surface area contributed by atoms with Gasteiger partial charge in [0.25, 0.3) is 0 Å². The third-order valence-electron chi connectivity index (χ3n) is 3.05. The van der Waals surface area contributed by atoms with E-state index in [-0.39, 0.29) is 29.0 Å². The van der Waals surface area contributed by atoms with E-state index >= 15 is 0 Å². The van der Waals surface area contributed by atoms with Crippen molar-refractivity contribution in [2.24, 2.45) is 0 Å². The van der Waals surface area contributed by atoms with Gasteiger partial charge in [0, 0.05) is 23.7 Å². The van der Waals surface area contributed by atoms with Crippen LogP contribution in [-0.2, 0) is 16.0 Å². The van der Waals surface area contributed by atoms with Crippen molar-refractivity contribution in [3.8, 4) is 0 Å². The van der Waals surface area contributed by atoms with Gasteiger partial charge in [-0.05, 0) is 12.1 Å². The summed E-state index contributed by atoms with van der Waals surface area (Å²) < 4.78 is 19.0. The van der Waals surface area contributed by atoms with Gasteiger partial charge in [-0.2, -0.15) is 0 Å². The molecule has 0 aliphatic carbocycles. The zero-order chi connectivity index (χ0) is 13.8. The lowest BCUT2D eigenvalue weighted by molar-refractivity contribution is -0.137. The van der Waals surface area contributed by atoms with Gasteiger partial charge in [0.1, 0.15) is 5.82 Å². The lowest BCUT2D eigenvalue weighted by atomic mass is 10.1. The van der Waals surface area contributed by atoms with Gasteiger partial charge in [-0.15, -0.1) is 11.6 Å². The molecule has 0 bridgehead atoms. The van der Waals surface area contributed by atoms with Gasteiger partial charge in [-0.25, -0.2) is 4.39 Å². The van der Waals surface area contributed by atoms with Gasteiger partial charge in [0.05, 0.1) is 25.0 Å². The van der Waals surface area contributed by atoms with Crippen LogP contribution in [-0.4, -0.2) is 42.5 Å². The minimum atomic E-state index is -0.456. The first-order chi connectivity index (χ1) is 9.11. The maximum absolute atomic E-state index is 13.6. The Morgan fingerprint density at radius 1 is 1.53 bits per heavy atom. The number of hydrogen-bond acceptors (Lipinski definition) is 2. The average molecular weight is 306 g/mol. The summed E-state index contributed by atoms with van der Waals surface area (Å²) in [5.74, 6) is -0.280. The van der Waals surface area contributed by atoms with Crippen LogP contribution in [0.25, 0.3) is 0 Å². The van der Waals surface area contributed by atoms with Crippen LogP contribution in [0, 0.1) is 5.82 Å². The Morgan fingerprint density at radius 2 is 2.32 bits per heavy atom. The first-order valence-corrected chi connectivity index (χ1v) is 6.91. The predicted octanol–water partition coefficient (Wildman–Crippen LogP) is 2.49. The van der Waals surface area contributed by atoms with E-state index in [1.807, 2.05) is 0 Å². The van der Waals surface area contributed by atoms with Gasteiger partial charge in [0.2, 0.25) is 5.91 Å². The van der Waals surface area contributed by atoms with Crippen LogP contribution in [0.3, 0.4) is 0 Å². The zero-order valence-corrected chi connectivity index (χ0v) is 11.8. The second-order valence-electron chi connectivity index (χ2n) is 4.36. The van der Waals surface area contributed by atoms with Gasteiger partial charge in [0.15, 0.2) is 0 Å². The number of amides is 1. The highest BCUT2D eigenvalue weighted by atomic mass is 35.5. The first kappa shape index (κ1) is 14.6. The molecule has 6 heteroatoms. The molecule has 0 radical (unpaired) electrons. The molecular weight excluding hydrogens is 292 g/mol. The highest BCUT2D eigenvalue weighted by Gasteiger charge is 2.24. The number of morpholine rings is 1. The van der Waals surface area contributed by atoms with Crippen molar-refractivity contribution in [3.63, 3.8) is 0 Å². The van der Waals surface area contributed by atoms with Gasteiger partial charge >= 0.3 is 0 Å². The number of rotatable bonds is 3. The Labute approximate surface area is 121 Å². The molecule has 1 aromatic carbocycles. The average Bonchev–Trinajstić information content (AvgIpc) is 2.43. The Hall–Kier alpha value is -0.840. The van der Waals surface area contributed by atoms with Crippen molar-refractivity contribution in [2.45, 2.75) is 12.5 Å². The SMILES string of the molecule is O=C(Cc1c(F)cccc1Cl)N1CCOC(CCl)C1. The molecule has 0 spiro atoms. The number of carbonyl (C=O) groups is 1. The minimum Gasteiger partial charge on any atom is -0.373 e.